The zero-order valence-electron chi connectivity index (χ0n) is 16.6. The molecule has 1 heterocycles. The van der Waals surface area contributed by atoms with E-state index >= 15 is 0 Å². The van der Waals surface area contributed by atoms with Crippen molar-refractivity contribution in [3.8, 4) is 0 Å². The van der Waals surface area contributed by atoms with Crippen molar-refractivity contribution in [3.05, 3.63) is 24.3 Å². The molecule has 2 aliphatic rings. The van der Waals surface area contributed by atoms with Gasteiger partial charge in [0.2, 0.25) is 5.91 Å². The van der Waals surface area contributed by atoms with Crippen LogP contribution in [0, 0.1) is 5.92 Å². The van der Waals surface area contributed by atoms with Crippen molar-refractivity contribution in [2.45, 2.75) is 70.8 Å². The Morgan fingerprint density at radius 2 is 1.93 bits per heavy atom. The molecule has 0 bridgehead atoms. The van der Waals surface area contributed by atoms with Gasteiger partial charge in [-0.05, 0) is 37.8 Å². The minimum absolute atomic E-state index is 0.130. The van der Waals surface area contributed by atoms with Crippen LogP contribution in [0.25, 0.3) is 0 Å². The number of hydrogen-bond donors (Lipinski definition) is 1. The Kier molecular flexibility index (Phi) is 7.06. The summed E-state index contributed by atoms with van der Waals surface area (Å²) in [6.07, 6.45) is 8.92. The first-order chi connectivity index (χ1) is 13.5. The fraction of sp³-hybridized carbons (Fsp3) is 0.591. The maximum Gasteiger partial charge on any atom is 0.306 e. The molecule has 1 atom stereocenters. The number of amides is 2. The molecule has 1 saturated carbocycles. The van der Waals surface area contributed by atoms with E-state index in [1.807, 2.05) is 19.1 Å². The standard InChI is InChI=1S/C22H30N2O4/c1-16-14-20(25)23-18-11-5-6-12-19(18)24(16)21(26)15-28-22(27)13-7-10-17-8-3-2-4-9-17/h5-6,11-12,16-17H,2-4,7-10,13-15H2,1H3,(H,23,25). The van der Waals surface area contributed by atoms with Gasteiger partial charge in [-0.15, -0.1) is 0 Å². The number of nitrogens with one attached hydrogen (secondary N) is 1. The molecule has 1 unspecified atom stereocenters. The van der Waals surface area contributed by atoms with Crippen LogP contribution in [0.15, 0.2) is 24.3 Å². The molecule has 1 aromatic rings. The second kappa shape index (κ2) is 9.71. The Bertz CT molecular complexity index is 712. The van der Waals surface area contributed by atoms with Crippen LogP contribution in [0.1, 0.15) is 64.7 Å². The first-order valence-corrected chi connectivity index (χ1v) is 10.4. The third-order valence-electron chi connectivity index (χ3n) is 5.70. The summed E-state index contributed by atoms with van der Waals surface area (Å²) >= 11 is 0. The zero-order chi connectivity index (χ0) is 19.9. The molecule has 1 aliphatic carbocycles. The molecule has 6 heteroatoms. The first kappa shape index (κ1) is 20.4. The fourth-order valence-electron chi connectivity index (χ4n) is 4.26. The summed E-state index contributed by atoms with van der Waals surface area (Å²) in [5, 5.41) is 2.82. The van der Waals surface area contributed by atoms with Crippen molar-refractivity contribution in [1.29, 1.82) is 0 Å². The van der Waals surface area contributed by atoms with Gasteiger partial charge in [-0.3, -0.25) is 14.4 Å². The monoisotopic (exact) mass is 386 g/mol. The third kappa shape index (κ3) is 5.33. The molecule has 0 radical (unpaired) electrons. The molecule has 0 aromatic heterocycles. The topological polar surface area (TPSA) is 75.7 Å². The van der Waals surface area contributed by atoms with Crippen LogP contribution in [0.2, 0.25) is 0 Å². The highest BCUT2D eigenvalue weighted by molar-refractivity contribution is 6.05. The van der Waals surface area contributed by atoms with E-state index in [0.29, 0.717) is 17.8 Å². The summed E-state index contributed by atoms with van der Waals surface area (Å²) in [5.41, 5.74) is 1.24. The molecular weight excluding hydrogens is 356 g/mol. The van der Waals surface area contributed by atoms with Crippen LogP contribution >= 0.6 is 0 Å². The van der Waals surface area contributed by atoms with Gasteiger partial charge in [0.05, 0.1) is 11.4 Å². The number of esters is 1. The van der Waals surface area contributed by atoms with E-state index in [2.05, 4.69) is 5.32 Å². The van der Waals surface area contributed by atoms with Gasteiger partial charge in [0, 0.05) is 18.9 Å². The molecule has 152 valence electrons. The van der Waals surface area contributed by atoms with Crippen molar-refractivity contribution < 1.29 is 19.1 Å². The smallest absolute Gasteiger partial charge is 0.306 e. The average molecular weight is 386 g/mol. The third-order valence-corrected chi connectivity index (χ3v) is 5.70. The SMILES string of the molecule is CC1CC(=O)Nc2ccccc2N1C(=O)COC(=O)CCCC1CCCCC1. The fourth-order valence-corrected chi connectivity index (χ4v) is 4.26. The second-order valence-electron chi connectivity index (χ2n) is 7.94. The summed E-state index contributed by atoms with van der Waals surface area (Å²) in [5.74, 6) is -0.0242. The van der Waals surface area contributed by atoms with Gasteiger partial charge in [0.25, 0.3) is 5.91 Å². The van der Waals surface area contributed by atoms with E-state index in [1.165, 1.54) is 32.1 Å². The predicted octanol–water partition coefficient (Wildman–Crippen LogP) is 4.04. The molecular formula is C22H30N2O4. The molecule has 1 aromatic carbocycles. The van der Waals surface area contributed by atoms with Crippen LogP contribution in [0.5, 0.6) is 0 Å². The minimum Gasteiger partial charge on any atom is -0.456 e. The highest BCUT2D eigenvalue weighted by Crippen LogP contribution is 2.31. The molecule has 3 rings (SSSR count). The van der Waals surface area contributed by atoms with Gasteiger partial charge in [-0.1, -0.05) is 44.2 Å². The highest BCUT2D eigenvalue weighted by Gasteiger charge is 2.30. The summed E-state index contributed by atoms with van der Waals surface area (Å²) < 4.78 is 5.24. The quantitative estimate of drug-likeness (QED) is 0.749. The number of para-hydroxylation sites is 2. The number of hydrogen-bond acceptors (Lipinski definition) is 4. The normalized spacial score (nSPS) is 20.1. The number of carbonyl (C=O) groups is 3. The molecule has 2 amide bonds. The van der Waals surface area contributed by atoms with Crippen LogP contribution < -0.4 is 10.2 Å². The van der Waals surface area contributed by atoms with Crippen LogP contribution in [0.4, 0.5) is 11.4 Å². The number of nitrogens with zero attached hydrogens (tertiary/aromatic N) is 1. The number of rotatable bonds is 6. The van der Waals surface area contributed by atoms with Gasteiger partial charge in [-0.25, -0.2) is 0 Å². The van der Waals surface area contributed by atoms with Gasteiger partial charge in [0.15, 0.2) is 6.61 Å². The molecule has 1 aliphatic heterocycles. The number of fused-ring (bicyclic) bond motifs is 1. The Morgan fingerprint density at radius 1 is 1.18 bits per heavy atom. The van der Waals surface area contributed by atoms with Crippen molar-refractivity contribution in [1.82, 2.24) is 0 Å². The zero-order valence-corrected chi connectivity index (χ0v) is 16.6. The van der Waals surface area contributed by atoms with E-state index in [0.717, 1.165) is 18.8 Å². The number of carbonyl (C=O) groups excluding carboxylic acids is 3. The second-order valence-corrected chi connectivity index (χ2v) is 7.94. The van der Waals surface area contributed by atoms with Crippen LogP contribution in [0.3, 0.4) is 0 Å². The summed E-state index contributed by atoms with van der Waals surface area (Å²) in [6.45, 7) is 1.53. The van der Waals surface area contributed by atoms with Crippen molar-refractivity contribution >= 4 is 29.2 Å². The van der Waals surface area contributed by atoms with E-state index in [9.17, 15) is 14.4 Å². The van der Waals surface area contributed by atoms with E-state index in [4.69, 9.17) is 4.74 Å². The van der Waals surface area contributed by atoms with Crippen molar-refractivity contribution in [3.63, 3.8) is 0 Å². The van der Waals surface area contributed by atoms with E-state index in [1.54, 1.807) is 17.0 Å². The van der Waals surface area contributed by atoms with Gasteiger partial charge in [0.1, 0.15) is 0 Å². The van der Waals surface area contributed by atoms with Crippen LogP contribution in [-0.2, 0) is 19.1 Å². The van der Waals surface area contributed by atoms with E-state index < -0.39 is 0 Å². The Morgan fingerprint density at radius 3 is 2.71 bits per heavy atom. The van der Waals surface area contributed by atoms with Gasteiger partial charge in [-0.2, -0.15) is 0 Å². The van der Waals surface area contributed by atoms with Gasteiger partial charge >= 0.3 is 5.97 Å². The lowest BCUT2D eigenvalue weighted by Gasteiger charge is -2.27. The summed E-state index contributed by atoms with van der Waals surface area (Å²) in [4.78, 5) is 38.4. The minimum atomic E-state index is -0.325. The summed E-state index contributed by atoms with van der Waals surface area (Å²) in [6, 6.07) is 6.88. The number of anilines is 2. The number of ether oxygens (including phenoxy) is 1. The first-order valence-electron chi connectivity index (χ1n) is 10.4. The average Bonchev–Trinajstić information content (AvgIpc) is 2.81. The predicted molar refractivity (Wildman–Crippen MR) is 108 cm³/mol. The molecule has 6 nitrogen and oxygen atoms in total. The Hall–Kier alpha value is -2.37. The molecule has 1 N–H and O–H groups in total. The summed E-state index contributed by atoms with van der Waals surface area (Å²) in [7, 11) is 0. The molecule has 1 fully saturated rings. The molecule has 28 heavy (non-hydrogen) atoms. The highest BCUT2D eigenvalue weighted by atomic mass is 16.5. The van der Waals surface area contributed by atoms with Crippen LogP contribution in [-0.4, -0.2) is 30.4 Å². The number of benzene rings is 1. The maximum atomic E-state index is 12.8. The largest absolute Gasteiger partial charge is 0.456 e. The van der Waals surface area contributed by atoms with E-state index in [-0.39, 0.29) is 36.9 Å². The lowest BCUT2D eigenvalue weighted by Crippen LogP contribution is -2.41. The van der Waals surface area contributed by atoms with Crippen molar-refractivity contribution in [2.24, 2.45) is 5.92 Å². The lowest BCUT2D eigenvalue weighted by atomic mass is 9.86. The Labute approximate surface area is 166 Å². The van der Waals surface area contributed by atoms with Gasteiger partial charge < -0.3 is 15.0 Å². The molecule has 0 spiro atoms. The Balaban J connectivity index is 1.50. The van der Waals surface area contributed by atoms with Crippen molar-refractivity contribution in [2.75, 3.05) is 16.8 Å². The lowest BCUT2D eigenvalue weighted by molar-refractivity contribution is -0.148. The molecule has 0 saturated heterocycles. The maximum absolute atomic E-state index is 12.8.